The first-order valence-corrected chi connectivity index (χ1v) is 12.1. The number of aromatic amines is 1. The van der Waals surface area contributed by atoms with Crippen LogP contribution in [0, 0.1) is 0 Å². The molecule has 0 amide bonds. The minimum atomic E-state index is 0.455. The van der Waals surface area contributed by atoms with E-state index in [-0.39, 0.29) is 0 Å². The minimum absolute atomic E-state index is 0.455. The molecule has 2 heteroatoms. The van der Waals surface area contributed by atoms with Gasteiger partial charge in [-0.2, -0.15) is 0 Å². The monoisotopic (exact) mass is 385 g/mol. The summed E-state index contributed by atoms with van der Waals surface area (Å²) >= 11 is 0. The van der Waals surface area contributed by atoms with E-state index in [1.807, 2.05) is 24.3 Å². The summed E-state index contributed by atoms with van der Waals surface area (Å²) < 4.78 is 0. The molecule has 28 heavy (non-hydrogen) atoms. The molecule has 0 saturated heterocycles. The zero-order valence-corrected chi connectivity index (χ0v) is 18.3. The maximum atomic E-state index is 10.3. The lowest BCUT2D eigenvalue weighted by molar-refractivity contribution is 0.471. The van der Waals surface area contributed by atoms with Gasteiger partial charge in [0.05, 0.1) is 5.69 Å². The van der Waals surface area contributed by atoms with Crippen molar-refractivity contribution in [3.05, 3.63) is 30.0 Å². The Morgan fingerprint density at radius 3 is 1.61 bits per heavy atom. The topological polar surface area (TPSA) is 36.0 Å². The third-order valence-corrected chi connectivity index (χ3v) is 6.03. The Hall–Kier alpha value is -1.44. The highest BCUT2D eigenvalue weighted by Gasteiger charge is 2.08. The minimum Gasteiger partial charge on any atom is -0.505 e. The fourth-order valence-corrected chi connectivity index (χ4v) is 4.21. The summed E-state index contributed by atoms with van der Waals surface area (Å²) in [6.45, 7) is 2.29. The summed E-state index contributed by atoms with van der Waals surface area (Å²) in [4.78, 5) is 3.37. The molecule has 2 rings (SSSR count). The average molecular weight is 386 g/mol. The molecule has 2 aromatic rings. The smallest absolute Gasteiger partial charge is 0.144 e. The van der Waals surface area contributed by atoms with Crippen LogP contribution in [0.1, 0.15) is 115 Å². The van der Waals surface area contributed by atoms with Crippen LogP contribution in [0.4, 0.5) is 0 Å². The second-order valence-electron chi connectivity index (χ2n) is 8.55. The molecule has 1 aromatic carbocycles. The zero-order valence-electron chi connectivity index (χ0n) is 18.3. The van der Waals surface area contributed by atoms with Gasteiger partial charge in [0.2, 0.25) is 0 Å². The van der Waals surface area contributed by atoms with Crippen molar-refractivity contribution in [2.45, 2.75) is 116 Å². The van der Waals surface area contributed by atoms with E-state index in [0.717, 1.165) is 23.0 Å². The van der Waals surface area contributed by atoms with E-state index in [1.54, 1.807) is 0 Å². The Morgan fingerprint density at radius 1 is 0.643 bits per heavy atom. The molecule has 158 valence electrons. The van der Waals surface area contributed by atoms with Crippen LogP contribution in [0.15, 0.2) is 24.3 Å². The fourth-order valence-electron chi connectivity index (χ4n) is 4.21. The van der Waals surface area contributed by atoms with Crippen molar-refractivity contribution in [3.63, 3.8) is 0 Å². The molecule has 0 bridgehead atoms. The maximum absolute atomic E-state index is 10.3. The third-order valence-electron chi connectivity index (χ3n) is 6.03. The first-order valence-electron chi connectivity index (χ1n) is 12.1. The SMILES string of the molecule is CCCCCCCCCCCCCCCCCCc1[nH]c2ccccc2c1O. The van der Waals surface area contributed by atoms with Gasteiger partial charge in [-0.15, -0.1) is 0 Å². The van der Waals surface area contributed by atoms with Crippen LogP contribution in [0.2, 0.25) is 0 Å². The lowest BCUT2D eigenvalue weighted by atomic mass is 10.0. The van der Waals surface area contributed by atoms with Crippen LogP contribution >= 0.6 is 0 Å². The summed E-state index contributed by atoms with van der Waals surface area (Å²) in [6.07, 6.45) is 23.3. The van der Waals surface area contributed by atoms with E-state index >= 15 is 0 Å². The van der Waals surface area contributed by atoms with Gasteiger partial charge in [0.1, 0.15) is 5.75 Å². The number of aryl methyl sites for hydroxylation is 1. The highest BCUT2D eigenvalue weighted by Crippen LogP contribution is 2.29. The molecule has 0 aliphatic carbocycles. The molecular formula is C26H43NO. The number of unbranched alkanes of at least 4 members (excludes halogenated alkanes) is 15. The third kappa shape index (κ3) is 8.71. The Labute approximate surface area is 173 Å². The van der Waals surface area contributed by atoms with Gasteiger partial charge in [0.25, 0.3) is 0 Å². The van der Waals surface area contributed by atoms with Crippen molar-refractivity contribution in [1.29, 1.82) is 0 Å². The van der Waals surface area contributed by atoms with Gasteiger partial charge in [0.15, 0.2) is 0 Å². The molecule has 0 atom stereocenters. The highest BCUT2D eigenvalue weighted by molar-refractivity contribution is 5.87. The molecule has 0 saturated carbocycles. The van der Waals surface area contributed by atoms with Gasteiger partial charge in [-0.05, 0) is 25.0 Å². The number of aromatic nitrogens is 1. The standard InChI is InChI=1S/C26H43NO/c1-2-3-4-5-6-7-8-9-10-11-12-13-14-15-16-17-22-25-26(28)23-20-18-19-21-24(23)27-25/h18-21,27-28H,2-17,22H2,1H3. The van der Waals surface area contributed by atoms with Crippen molar-refractivity contribution in [1.82, 2.24) is 4.98 Å². The van der Waals surface area contributed by atoms with Gasteiger partial charge in [-0.3, -0.25) is 0 Å². The van der Waals surface area contributed by atoms with Gasteiger partial charge in [-0.1, -0.05) is 115 Å². The number of aromatic hydroxyl groups is 1. The number of fused-ring (bicyclic) bond motifs is 1. The molecule has 0 aliphatic rings. The summed E-state index contributed by atoms with van der Waals surface area (Å²) in [7, 11) is 0. The predicted octanol–water partition coefficient (Wildman–Crippen LogP) is 8.68. The van der Waals surface area contributed by atoms with Crippen molar-refractivity contribution < 1.29 is 5.11 Å². The van der Waals surface area contributed by atoms with Crippen LogP contribution in [0.3, 0.4) is 0 Å². The summed E-state index contributed by atoms with van der Waals surface area (Å²) in [5, 5.41) is 11.2. The molecule has 2 N–H and O–H groups in total. The number of hydrogen-bond acceptors (Lipinski definition) is 1. The lowest BCUT2D eigenvalue weighted by Gasteiger charge is -2.04. The van der Waals surface area contributed by atoms with E-state index < -0.39 is 0 Å². The summed E-state index contributed by atoms with van der Waals surface area (Å²) in [6, 6.07) is 8.01. The van der Waals surface area contributed by atoms with E-state index in [2.05, 4.69) is 11.9 Å². The Kier molecular flexibility index (Phi) is 11.9. The number of nitrogens with one attached hydrogen (secondary N) is 1. The summed E-state index contributed by atoms with van der Waals surface area (Å²) in [5.74, 6) is 0.455. The van der Waals surface area contributed by atoms with Crippen LogP contribution in [0.25, 0.3) is 10.9 Å². The first-order chi connectivity index (χ1) is 13.8. The molecule has 0 spiro atoms. The maximum Gasteiger partial charge on any atom is 0.144 e. The summed E-state index contributed by atoms with van der Waals surface area (Å²) in [5.41, 5.74) is 2.05. The van der Waals surface area contributed by atoms with E-state index in [9.17, 15) is 5.11 Å². The van der Waals surface area contributed by atoms with Crippen LogP contribution in [0.5, 0.6) is 5.75 Å². The Balaban J connectivity index is 1.37. The average Bonchev–Trinajstić information content (AvgIpc) is 3.03. The highest BCUT2D eigenvalue weighted by atomic mass is 16.3. The van der Waals surface area contributed by atoms with E-state index in [1.165, 1.54) is 103 Å². The molecule has 0 unspecified atom stereocenters. The van der Waals surface area contributed by atoms with E-state index in [0.29, 0.717) is 5.75 Å². The van der Waals surface area contributed by atoms with E-state index in [4.69, 9.17) is 0 Å². The second kappa shape index (κ2) is 14.5. The molecule has 0 radical (unpaired) electrons. The number of benzene rings is 1. The van der Waals surface area contributed by atoms with Gasteiger partial charge in [0, 0.05) is 10.9 Å². The molecular weight excluding hydrogens is 342 g/mol. The number of rotatable bonds is 17. The molecule has 0 aliphatic heterocycles. The van der Waals surface area contributed by atoms with Crippen LogP contribution < -0.4 is 0 Å². The van der Waals surface area contributed by atoms with Crippen molar-refractivity contribution >= 4 is 10.9 Å². The normalized spacial score (nSPS) is 11.5. The van der Waals surface area contributed by atoms with Gasteiger partial charge < -0.3 is 10.1 Å². The first kappa shape index (κ1) is 22.8. The Morgan fingerprint density at radius 2 is 1.11 bits per heavy atom. The van der Waals surface area contributed by atoms with Gasteiger partial charge >= 0.3 is 0 Å². The predicted molar refractivity (Wildman–Crippen MR) is 123 cm³/mol. The lowest BCUT2D eigenvalue weighted by Crippen LogP contribution is -1.87. The number of hydrogen-bond donors (Lipinski definition) is 2. The quantitative estimate of drug-likeness (QED) is 0.262. The fraction of sp³-hybridized carbons (Fsp3) is 0.692. The molecule has 2 nitrogen and oxygen atoms in total. The van der Waals surface area contributed by atoms with Crippen molar-refractivity contribution in [2.75, 3.05) is 0 Å². The van der Waals surface area contributed by atoms with Gasteiger partial charge in [-0.25, -0.2) is 0 Å². The zero-order chi connectivity index (χ0) is 19.9. The van der Waals surface area contributed by atoms with Crippen molar-refractivity contribution in [3.8, 4) is 5.75 Å². The second-order valence-corrected chi connectivity index (χ2v) is 8.55. The Bertz CT molecular complexity index is 630. The number of para-hydroxylation sites is 1. The number of H-pyrrole nitrogens is 1. The molecule has 0 fully saturated rings. The molecule has 1 heterocycles. The van der Waals surface area contributed by atoms with Crippen LogP contribution in [-0.2, 0) is 6.42 Å². The van der Waals surface area contributed by atoms with Crippen LogP contribution in [-0.4, -0.2) is 10.1 Å². The largest absolute Gasteiger partial charge is 0.505 e. The molecule has 1 aromatic heterocycles. The van der Waals surface area contributed by atoms with Crippen molar-refractivity contribution in [2.24, 2.45) is 0 Å².